The average Bonchev–Trinajstić information content (AvgIpc) is 3.14. The number of aromatic nitrogens is 2. The number of hydrogen-bond donors (Lipinski definition) is 0. The van der Waals surface area contributed by atoms with Crippen molar-refractivity contribution < 1.29 is 4.79 Å². The molecule has 7 nitrogen and oxygen atoms in total. The molecule has 2 aliphatic heterocycles. The predicted octanol–water partition coefficient (Wildman–Crippen LogP) is 4.20. The minimum atomic E-state index is -0.236. The smallest absolute Gasteiger partial charge is 0.267 e. The van der Waals surface area contributed by atoms with E-state index in [2.05, 4.69) is 16.7 Å². The van der Waals surface area contributed by atoms with Crippen molar-refractivity contribution in [3.05, 3.63) is 79.6 Å². The predicted molar refractivity (Wildman–Crippen MR) is 151 cm³/mol. The molecule has 4 heterocycles. The number of likely N-dealkylation sites (N-methyl/N-ethyl adjacent to an activating group) is 1. The van der Waals surface area contributed by atoms with Crippen LogP contribution in [0.1, 0.15) is 23.6 Å². The summed E-state index contributed by atoms with van der Waals surface area (Å²) in [6, 6.07) is 11.2. The second-order valence-corrected chi connectivity index (χ2v) is 10.9. The number of fused-ring (bicyclic) bond motifs is 1. The van der Waals surface area contributed by atoms with Gasteiger partial charge in [-0.15, -0.1) is 0 Å². The lowest BCUT2D eigenvalue weighted by atomic mass is 10.2. The Hall–Kier alpha value is -2.72. The first-order chi connectivity index (χ1) is 17.4. The number of anilines is 1. The number of pyridine rings is 1. The zero-order valence-corrected chi connectivity index (χ0v) is 22.5. The monoisotopic (exact) mass is 539 g/mol. The maximum Gasteiger partial charge on any atom is 0.267 e. The van der Waals surface area contributed by atoms with E-state index in [1.54, 1.807) is 22.7 Å². The SMILES string of the molecule is CCN1CCN(c2nc3c(C)cccn3c(=O)c2C=C2SC(=S)N(Cc3ccccc3Cl)C2=O)CC1. The number of benzene rings is 1. The summed E-state index contributed by atoms with van der Waals surface area (Å²) in [6.07, 6.45) is 3.38. The van der Waals surface area contributed by atoms with Gasteiger partial charge in [0.2, 0.25) is 0 Å². The van der Waals surface area contributed by atoms with E-state index >= 15 is 0 Å². The number of piperazine rings is 1. The summed E-state index contributed by atoms with van der Waals surface area (Å²) in [6.45, 7) is 8.67. The first kappa shape index (κ1) is 25.0. The van der Waals surface area contributed by atoms with Crippen molar-refractivity contribution in [2.75, 3.05) is 37.6 Å². The van der Waals surface area contributed by atoms with Crippen molar-refractivity contribution in [3.8, 4) is 0 Å². The fourth-order valence-corrected chi connectivity index (χ4v) is 5.94. The molecule has 10 heteroatoms. The Balaban J connectivity index is 1.56. The van der Waals surface area contributed by atoms with Crippen LogP contribution in [0.15, 0.2) is 52.3 Å². The van der Waals surface area contributed by atoms with E-state index in [4.69, 9.17) is 28.8 Å². The van der Waals surface area contributed by atoms with Gasteiger partial charge in [-0.25, -0.2) is 4.98 Å². The number of aryl methyl sites for hydroxylation is 1. The number of nitrogens with zero attached hydrogens (tertiary/aromatic N) is 5. The van der Waals surface area contributed by atoms with Gasteiger partial charge in [0.05, 0.1) is 17.0 Å². The number of carbonyl (C=O) groups excluding carboxylic acids is 1. The number of amides is 1. The summed E-state index contributed by atoms with van der Waals surface area (Å²) in [5.74, 6) is 0.377. The van der Waals surface area contributed by atoms with Gasteiger partial charge in [0.25, 0.3) is 11.5 Å². The van der Waals surface area contributed by atoms with Crippen molar-refractivity contribution in [1.29, 1.82) is 0 Å². The van der Waals surface area contributed by atoms with E-state index in [1.807, 2.05) is 37.3 Å². The minimum absolute atomic E-state index is 0.201. The van der Waals surface area contributed by atoms with Crippen LogP contribution in [0.4, 0.5) is 5.82 Å². The normalized spacial score (nSPS) is 18.1. The van der Waals surface area contributed by atoms with Crippen LogP contribution in [0.3, 0.4) is 0 Å². The fraction of sp³-hybridized carbons (Fsp3) is 0.308. The lowest BCUT2D eigenvalue weighted by molar-refractivity contribution is -0.122. The molecule has 5 rings (SSSR count). The highest BCUT2D eigenvalue weighted by atomic mass is 35.5. The van der Waals surface area contributed by atoms with Gasteiger partial charge in [-0.05, 0) is 42.8 Å². The van der Waals surface area contributed by atoms with E-state index in [0.29, 0.717) is 31.3 Å². The maximum absolute atomic E-state index is 13.7. The summed E-state index contributed by atoms with van der Waals surface area (Å²) in [4.78, 5) is 38.5. The van der Waals surface area contributed by atoms with Gasteiger partial charge in [-0.3, -0.25) is 18.9 Å². The van der Waals surface area contributed by atoms with Gasteiger partial charge in [-0.1, -0.05) is 66.8 Å². The molecule has 1 amide bonds. The number of thioether (sulfide) groups is 1. The topological polar surface area (TPSA) is 61.2 Å². The Morgan fingerprint density at radius 1 is 1.11 bits per heavy atom. The van der Waals surface area contributed by atoms with Gasteiger partial charge < -0.3 is 9.80 Å². The Morgan fingerprint density at radius 3 is 2.58 bits per heavy atom. The summed E-state index contributed by atoms with van der Waals surface area (Å²) >= 11 is 13.1. The number of rotatable bonds is 5. The summed E-state index contributed by atoms with van der Waals surface area (Å²) in [5, 5.41) is 0.580. The highest BCUT2D eigenvalue weighted by molar-refractivity contribution is 8.26. The molecule has 0 bridgehead atoms. The van der Waals surface area contributed by atoms with Crippen molar-refractivity contribution in [2.24, 2.45) is 0 Å². The highest BCUT2D eigenvalue weighted by Gasteiger charge is 2.33. The molecule has 0 unspecified atom stereocenters. The van der Waals surface area contributed by atoms with Crippen molar-refractivity contribution >= 4 is 63.3 Å². The Labute approximate surface area is 224 Å². The summed E-state index contributed by atoms with van der Waals surface area (Å²) in [7, 11) is 0. The van der Waals surface area contributed by atoms with Crippen LogP contribution in [0.5, 0.6) is 0 Å². The van der Waals surface area contributed by atoms with Crippen molar-refractivity contribution in [3.63, 3.8) is 0 Å². The zero-order valence-electron chi connectivity index (χ0n) is 20.1. The third-order valence-corrected chi connectivity index (χ3v) is 8.37. The molecule has 2 aromatic heterocycles. The van der Waals surface area contributed by atoms with Crippen LogP contribution >= 0.6 is 35.6 Å². The molecule has 2 fully saturated rings. The molecule has 0 atom stereocenters. The molecular weight excluding hydrogens is 514 g/mol. The van der Waals surface area contributed by atoms with E-state index in [0.717, 1.165) is 43.9 Å². The van der Waals surface area contributed by atoms with Crippen LogP contribution < -0.4 is 10.5 Å². The van der Waals surface area contributed by atoms with Crippen LogP contribution in [0, 0.1) is 6.92 Å². The van der Waals surface area contributed by atoms with E-state index in [-0.39, 0.29) is 18.0 Å². The molecule has 0 spiro atoms. The first-order valence-electron chi connectivity index (χ1n) is 11.9. The van der Waals surface area contributed by atoms with E-state index in [1.165, 1.54) is 16.7 Å². The third kappa shape index (κ3) is 4.68. The third-order valence-electron chi connectivity index (χ3n) is 6.62. The Morgan fingerprint density at radius 2 is 1.86 bits per heavy atom. The number of halogens is 1. The largest absolute Gasteiger partial charge is 0.353 e. The van der Waals surface area contributed by atoms with Crippen LogP contribution in [0.25, 0.3) is 11.7 Å². The second-order valence-electron chi connectivity index (χ2n) is 8.82. The molecule has 186 valence electrons. The van der Waals surface area contributed by atoms with E-state index in [9.17, 15) is 9.59 Å². The van der Waals surface area contributed by atoms with E-state index < -0.39 is 0 Å². The standard InChI is InChI=1S/C26H26ClN5O2S2/c1-3-29-11-13-30(14-12-29)23-19(24(33)31-10-6-7-17(2)22(31)28-23)15-21-25(34)32(26(35)36-21)16-18-8-4-5-9-20(18)27/h4-10,15H,3,11-14,16H2,1-2H3. The second kappa shape index (κ2) is 10.3. The fourth-order valence-electron chi connectivity index (χ4n) is 4.51. The molecule has 0 aliphatic carbocycles. The van der Waals surface area contributed by atoms with Gasteiger partial charge in [0.15, 0.2) is 0 Å². The van der Waals surface area contributed by atoms with Crippen LogP contribution in [0.2, 0.25) is 5.02 Å². The quantitative estimate of drug-likeness (QED) is 0.356. The molecule has 0 N–H and O–H groups in total. The average molecular weight is 540 g/mol. The molecule has 0 saturated carbocycles. The van der Waals surface area contributed by atoms with Crippen LogP contribution in [-0.4, -0.2) is 62.1 Å². The molecule has 0 radical (unpaired) electrons. The number of thiocarbonyl (C=S) groups is 1. The van der Waals surface area contributed by atoms with Gasteiger partial charge >= 0.3 is 0 Å². The van der Waals surface area contributed by atoms with Crippen molar-refractivity contribution in [2.45, 2.75) is 20.4 Å². The lowest BCUT2D eigenvalue weighted by Crippen LogP contribution is -2.47. The number of hydrogen-bond acceptors (Lipinski definition) is 7. The van der Waals surface area contributed by atoms with Gasteiger partial charge in [-0.2, -0.15) is 0 Å². The van der Waals surface area contributed by atoms with Crippen molar-refractivity contribution in [1.82, 2.24) is 19.2 Å². The molecule has 2 saturated heterocycles. The molecule has 3 aromatic rings. The Kier molecular flexibility index (Phi) is 7.16. The number of carbonyl (C=O) groups is 1. The van der Waals surface area contributed by atoms with Crippen LogP contribution in [-0.2, 0) is 11.3 Å². The molecule has 36 heavy (non-hydrogen) atoms. The molecule has 1 aromatic carbocycles. The lowest BCUT2D eigenvalue weighted by Gasteiger charge is -2.35. The molecular formula is C26H26ClN5O2S2. The van der Waals surface area contributed by atoms with Gasteiger partial charge in [0.1, 0.15) is 15.8 Å². The summed E-state index contributed by atoms with van der Waals surface area (Å²) < 4.78 is 1.99. The highest BCUT2D eigenvalue weighted by Crippen LogP contribution is 2.35. The first-order valence-corrected chi connectivity index (χ1v) is 13.5. The molecule has 2 aliphatic rings. The Bertz CT molecular complexity index is 1450. The van der Waals surface area contributed by atoms with Gasteiger partial charge in [0, 0.05) is 37.4 Å². The maximum atomic E-state index is 13.7. The summed E-state index contributed by atoms with van der Waals surface area (Å²) in [5.41, 5.74) is 2.56. The minimum Gasteiger partial charge on any atom is -0.353 e. The zero-order chi connectivity index (χ0) is 25.4.